The highest BCUT2D eigenvalue weighted by molar-refractivity contribution is 7.91. The van der Waals surface area contributed by atoms with Gasteiger partial charge in [-0.25, -0.2) is 13.1 Å². The van der Waals surface area contributed by atoms with Crippen LogP contribution in [0.4, 0.5) is 0 Å². The Kier molecular flexibility index (Phi) is 5.69. The summed E-state index contributed by atoms with van der Waals surface area (Å²) in [5.41, 5.74) is 1.44. The Morgan fingerprint density at radius 2 is 1.59 bits per heavy atom. The average molecular weight is 402 g/mol. The summed E-state index contributed by atoms with van der Waals surface area (Å²) in [6, 6.07) is 21.1. The number of nitrogens with one attached hydrogen (secondary N) is 1. The molecule has 1 aromatic heterocycles. The molecule has 0 atom stereocenters. The van der Waals surface area contributed by atoms with E-state index in [0.717, 1.165) is 21.8 Å². The molecule has 0 fully saturated rings. The maximum atomic E-state index is 12.6. The standard InChI is InChI=1S/C21H23NO3S2/c1-21(2,3)22-27(23,24)20-14-13-19(26-20)17-11-7-8-12-18(17)25-15-16-9-5-4-6-10-16/h4-14,22H,15H2,1-3H3. The lowest BCUT2D eigenvalue weighted by atomic mass is 10.1. The van der Waals surface area contributed by atoms with Crippen LogP contribution in [0.2, 0.25) is 0 Å². The van der Waals surface area contributed by atoms with Gasteiger partial charge in [0.1, 0.15) is 16.6 Å². The Morgan fingerprint density at radius 1 is 0.926 bits per heavy atom. The van der Waals surface area contributed by atoms with Gasteiger partial charge in [-0.2, -0.15) is 0 Å². The van der Waals surface area contributed by atoms with Crippen molar-refractivity contribution in [2.75, 3.05) is 0 Å². The number of para-hydroxylation sites is 1. The molecule has 4 nitrogen and oxygen atoms in total. The quantitative estimate of drug-likeness (QED) is 0.627. The fourth-order valence-corrected chi connectivity index (χ4v) is 5.35. The lowest BCUT2D eigenvalue weighted by molar-refractivity contribution is 0.307. The van der Waals surface area contributed by atoms with Crippen molar-refractivity contribution in [3.63, 3.8) is 0 Å². The van der Waals surface area contributed by atoms with E-state index in [9.17, 15) is 8.42 Å². The zero-order valence-corrected chi connectivity index (χ0v) is 17.2. The van der Waals surface area contributed by atoms with Crippen LogP contribution in [0.1, 0.15) is 26.3 Å². The van der Waals surface area contributed by atoms with Crippen molar-refractivity contribution < 1.29 is 13.2 Å². The van der Waals surface area contributed by atoms with Crippen molar-refractivity contribution >= 4 is 21.4 Å². The van der Waals surface area contributed by atoms with Gasteiger partial charge in [0.05, 0.1) is 0 Å². The normalized spacial score (nSPS) is 12.1. The van der Waals surface area contributed by atoms with Gasteiger partial charge >= 0.3 is 0 Å². The first-order chi connectivity index (χ1) is 12.7. The molecule has 0 radical (unpaired) electrons. The van der Waals surface area contributed by atoms with Crippen LogP contribution in [0, 0.1) is 0 Å². The fraction of sp³-hybridized carbons (Fsp3) is 0.238. The van der Waals surface area contributed by atoms with Crippen LogP contribution in [0.5, 0.6) is 5.75 Å². The van der Waals surface area contributed by atoms with E-state index in [-0.39, 0.29) is 0 Å². The topological polar surface area (TPSA) is 55.4 Å². The van der Waals surface area contributed by atoms with Gasteiger partial charge in [0.2, 0.25) is 0 Å². The van der Waals surface area contributed by atoms with E-state index in [2.05, 4.69) is 4.72 Å². The zero-order chi connectivity index (χ0) is 19.5. The minimum atomic E-state index is -3.55. The highest BCUT2D eigenvalue weighted by Gasteiger charge is 2.24. The second-order valence-electron chi connectivity index (χ2n) is 7.24. The third kappa shape index (κ3) is 5.19. The Bertz CT molecular complexity index is 1000. The van der Waals surface area contributed by atoms with Gasteiger partial charge in [0, 0.05) is 16.0 Å². The predicted octanol–water partition coefficient (Wildman–Crippen LogP) is 5.07. The number of rotatable bonds is 6. The fourth-order valence-electron chi connectivity index (χ4n) is 2.59. The Hall–Kier alpha value is -2.15. The summed E-state index contributed by atoms with van der Waals surface area (Å²) in [6.07, 6.45) is 0. The SMILES string of the molecule is CC(C)(C)NS(=O)(=O)c1ccc(-c2ccccc2OCc2ccccc2)s1. The summed E-state index contributed by atoms with van der Waals surface area (Å²) in [6.45, 7) is 5.93. The number of benzene rings is 2. The highest BCUT2D eigenvalue weighted by Crippen LogP contribution is 2.37. The molecule has 3 aromatic rings. The second-order valence-corrected chi connectivity index (χ2v) is 10.2. The molecule has 3 rings (SSSR count). The van der Waals surface area contributed by atoms with E-state index in [1.165, 1.54) is 11.3 Å². The van der Waals surface area contributed by atoms with Gasteiger partial charge in [-0.15, -0.1) is 11.3 Å². The summed E-state index contributed by atoms with van der Waals surface area (Å²) >= 11 is 1.24. The monoisotopic (exact) mass is 401 g/mol. The summed E-state index contributed by atoms with van der Waals surface area (Å²) in [5, 5.41) is 0. The molecule has 0 aliphatic carbocycles. The van der Waals surface area contributed by atoms with Crippen LogP contribution in [-0.2, 0) is 16.6 Å². The molecule has 142 valence electrons. The first kappa shape index (κ1) is 19.6. The van der Waals surface area contributed by atoms with Crippen LogP contribution >= 0.6 is 11.3 Å². The van der Waals surface area contributed by atoms with Gasteiger partial charge in [0.15, 0.2) is 0 Å². The van der Waals surface area contributed by atoms with Gasteiger partial charge in [-0.1, -0.05) is 42.5 Å². The van der Waals surface area contributed by atoms with Crippen molar-refractivity contribution in [2.45, 2.75) is 37.1 Å². The summed E-state index contributed by atoms with van der Waals surface area (Å²) in [5.74, 6) is 0.732. The minimum absolute atomic E-state index is 0.297. The minimum Gasteiger partial charge on any atom is -0.488 e. The molecule has 0 aliphatic rings. The summed E-state index contributed by atoms with van der Waals surface area (Å²) in [7, 11) is -3.55. The van der Waals surface area contributed by atoms with Crippen molar-refractivity contribution in [2.24, 2.45) is 0 Å². The smallest absolute Gasteiger partial charge is 0.250 e. The molecule has 0 spiro atoms. The van der Waals surface area contributed by atoms with E-state index >= 15 is 0 Å². The Balaban J connectivity index is 1.85. The molecular weight excluding hydrogens is 378 g/mol. The molecule has 1 heterocycles. The zero-order valence-electron chi connectivity index (χ0n) is 15.6. The van der Waals surface area contributed by atoms with Crippen molar-refractivity contribution in [3.8, 4) is 16.2 Å². The van der Waals surface area contributed by atoms with Crippen molar-refractivity contribution in [3.05, 3.63) is 72.3 Å². The molecule has 0 saturated carbocycles. The second kappa shape index (κ2) is 7.84. The molecule has 27 heavy (non-hydrogen) atoms. The molecule has 0 aliphatic heterocycles. The van der Waals surface area contributed by atoms with Crippen LogP contribution in [-0.4, -0.2) is 14.0 Å². The third-order valence-corrected chi connectivity index (χ3v) is 7.04. The highest BCUT2D eigenvalue weighted by atomic mass is 32.2. The molecule has 2 aromatic carbocycles. The maximum absolute atomic E-state index is 12.6. The van der Waals surface area contributed by atoms with E-state index < -0.39 is 15.6 Å². The molecule has 0 amide bonds. The molecular formula is C21H23NO3S2. The Labute approximate surface area is 164 Å². The maximum Gasteiger partial charge on any atom is 0.250 e. The van der Waals surface area contributed by atoms with Crippen LogP contribution in [0.25, 0.3) is 10.4 Å². The number of hydrogen-bond donors (Lipinski definition) is 1. The van der Waals surface area contributed by atoms with Crippen LogP contribution in [0.15, 0.2) is 70.9 Å². The van der Waals surface area contributed by atoms with Crippen LogP contribution < -0.4 is 9.46 Å². The number of thiophene rings is 1. The van der Waals surface area contributed by atoms with Crippen molar-refractivity contribution in [1.82, 2.24) is 4.72 Å². The lowest BCUT2D eigenvalue weighted by Crippen LogP contribution is -2.40. The van der Waals surface area contributed by atoms with Gasteiger partial charge < -0.3 is 4.74 Å². The summed E-state index contributed by atoms with van der Waals surface area (Å²) < 4.78 is 34.1. The number of ether oxygens (including phenoxy) is 1. The molecule has 0 unspecified atom stereocenters. The van der Waals surface area contributed by atoms with Gasteiger partial charge in [-0.05, 0) is 50.6 Å². The predicted molar refractivity (Wildman–Crippen MR) is 111 cm³/mol. The third-order valence-electron chi connectivity index (χ3n) is 3.68. The molecule has 1 N–H and O–H groups in total. The summed E-state index contributed by atoms with van der Waals surface area (Å²) in [4.78, 5) is 0.855. The van der Waals surface area contributed by atoms with Gasteiger partial charge in [0.25, 0.3) is 10.0 Å². The van der Waals surface area contributed by atoms with Gasteiger partial charge in [-0.3, -0.25) is 0 Å². The molecule has 0 saturated heterocycles. The number of hydrogen-bond acceptors (Lipinski definition) is 4. The van der Waals surface area contributed by atoms with Crippen LogP contribution in [0.3, 0.4) is 0 Å². The first-order valence-corrected chi connectivity index (χ1v) is 10.9. The molecule has 6 heteroatoms. The van der Waals surface area contributed by atoms with Crippen molar-refractivity contribution in [1.29, 1.82) is 0 Å². The largest absolute Gasteiger partial charge is 0.488 e. The van der Waals surface area contributed by atoms with E-state index in [1.54, 1.807) is 6.07 Å². The Morgan fingerprint density at radius 3 is 2.30 bits per heavy atom. The average Bonchev–Trinajstić information content (AvgIpc) is 3.10. The van der Waals surface area contributed by atoms with E-state index in [4.69, 9.17) is 4.74 Å². The number of sulfonamides is 1. The lowest BCUT2D eigenvalue weighted by Gasteiger charge is -2.19. The molecule has 0 bridgehead atoms. The van der Waals surface area contributed by atoms with E-state index in [1.807, 2.05) is 81.4 Å². The first-order valence-electron chi connectivity index (χ1n) is 8.64. The van der Waals surface area contributed by atoms with E-state index in [0.29, 0.717) is 10.8 Å².